The fourth-order valence-corrected chi connectivity index (χ4v) is 2.23. The van der Waals surface area contributed by atoms with Crippen LogP contribution in [0.4, 0.5) is 0 Å². The van der Waals surface area contributed by atoms with E-state index in [4.69, 9.17) is 12.2 Å². The summed E-state index contributed by atoms with van der Waals surface area (Å²) in [6.45, 7) is 2.16. The number of terminal acetylenes is 1. The SMILES string of the molecule is C#CCCCC(N)c1ccc(SCC)cc1. The van der Waals surface area contributed by atoms with Crippen molar-refractivity contribution in [3.05, 3.63) is 29.8 Å². The average molecular weight is 233 g/mol. The largest absolute Gasteiger partial charge is 0.324 e. The van der Waals surface area contributed by atoms with Crippen LogP contribution in [0.15, 0.2) is 29.2 Å². The van der Waals surface area contributed by atoms with Crippen molar-refractivity contribution in [1.29, 1.82) is 0 Å². The zero-order chi connectivity index (χ0) is 11.8. The Balaban J connectivity index is 2.49. The minimum atomic E-state index is 0.119. The highest BCUT2D eigenvalue weighted by atomic mass is 32.2. The molecular weight excluding hydrogens is 214 g/mol. The summed E-state index contributed by atoms with van der Waals surface area (Å²) in [6.07, 6.45) is 8.00. The van der Waals surface area contributed by atoms with Crippen molar-refractivity contribution < 1.29 is 0 Å². The van der Waals surface area contributed by atoms with E-state index in [0.29, 0.717) is 0 Å². The maximum atomic E-state index is 6.08. The maximum Gasteiger partial charge on any atom is 0.0295 e. The summed E-state index contributed by atoms with van der Waals surface area (Å²) in [7, 11) is 0. The molecule has 16 heavy (non-hydrogen) atoms. The highest BCUT2D eigenvalue weighted by Crippen LogP contribution is 2.22. The van der Waals surface area contributed by atoms with Gasteiger partial charge in [0.05, 0.1) is 0 Å². The average Bonchev–Trinajstić information content (AvgIpc) is 2.30. The van der Waals surface area contributed by atoms with Crippen LogP contribution in [0.2, 0.25) is 0 Å². The number of nitrogens with two attached hydrogens (primary N) is 1. The minimum Gasteiger partial charge on any atom is -0.324 e. The van der Waals surface area contributed by atoms with Crippen LogP contribution in [0.3, 0.4) is 0 Å². The molecule has 1 rings (SSSR count). The van der Waals surface area contributed by atoms with Gasteiger partial charge in [0.2, 0.25) is 0 Å². The number of rotatable bonds is 6. The van der Waals surface area contributed by atoms with Crippen LogP contribution in [-0.2, 0) is 0 Å². The Labute approximate surface area is 103 Å². The number of benzene rings is 1. The summed E-state index contributed by atoms with van der Waals surface area (Å²) in [6, 6.07) is 8.65. The van der Waals surface area contributed by atoms with Crippen molar-refractivity contribution in [2.45, 2.75) is 37.1 Å². The van der Waals surface area contributed by atoms with E-state index in [9.17, 15) is 0 Å². The molecule has 0 aliphatic carbocycles. The van der Waals surface area contributed by atoms with E-state index in [1.807, 2.05) is 11.8 Å². The topological polar surface area (TPSA) is 26.0 Å². The van der Waals surface area contributed by atoms with Crippen LogP contribution in [-0.4, -0.2) is 5.75 Å². The molecule has 0 aliphatic rings. The summed E-state index contributed by atoms with van der Waals surface area (Å²) in [5.41, 5.74) is 7.29. The molecule has 0 aromatic heterocycles. The van der Waals surface area contributed by atoms with Crippen LogP contribution in [0.1, 0.15) is 37.8 Å². The van der Waals surface area contributed by atoms with E-state index >= 15 is 0 Å². The smallest absolute Gasteiger partial charge is 0.0295 e. The Morgan fingerprint density at radius 1 is 1.38 bits per heavy atom. The summed E-state index contributed by atoms with van der Waals surface area (Å²) in [5, 5.41) is 0. The second kappa shape index (κ2) is 7.38. The van der Waals surface area contributed by atoms with Crippen molar-refractivity contribution in [1.82, 2.24) is 0 Å². The number of thioether (sulfide) groups is 1. The van der Waals surface area contributed by atoms with Gasteiger partial charge in [-0.15, -0.1) is 24.1 Å². The van der Waals surface area contributed by atoms with Crippen LogP contribution < -0.4 is 5.73 Å². The molecule has 0 heterocycles. The highest BCUT2D eigenvalue weighted by Gasteiger charge is 2.04. The normalized spacial score (nSPS) is 12.1. The maximum absolute atomic E-state index is 6.08. The van der Waals surface area contributed by atoms with E-state index < -0.39 is 0 Å². The van der Waals surface area contributed by atoms with Gasteiger partial charge in [0.25, 0.3) is 0 Å². The molecule has 86 valence electrons. The summed E-state index contributed by atoms with van der Waals surface area (Å²) in [5.74, 6) is 3.75. The van der Waals surface area contributed by atoms with Gasteiger partial charge in [0, 0.05) is 17.4 Å². The summed E-state index contributed by atoms with van der Waals surface area (Å²) >= 11 is 1.85. The summed E-state index contributed by atoms with van der Waals surface area (Å²) in [4.78, 5) is 1.31. The van der Waals surface area contributed by atoms with Crippen LogP contribution in [0.5, 0.6) is 0 Å². The first kappa shape index (κ1) is 13.2. The van der Waals surface area contributed by atoms with Crippen molar-refractivity contribution in [2.24, 2.45) is 5.73 Å². The first-order valence-corrected chi connectivity index (χ1v) is 6.68. The third kappa shape index (κ3) is 4.30. The van der Waals surface area contributed by atoms with E-state index in [1.54, 1.807) is 0 Å². The van der Waals surface area contributed by atoms with Crippen molar-refractivity contribution in [3.63, 3.8) is 0 Å². The van der Waals surface area contributed by atoms with Gasteiger partial charge in [0.15, 0.2) is 0 Å². The van der Waals surface area contributed by atoms with E-state index in [0.717, 1.165) is 25.0 Å². The molecule has 0 radical (unpaired) electrons. The molecule has 0 saturated carbocycles. The van der Waals surface area contributed by atoms with Crippen molar-refractivity contribution >= 4 is 11.8 Å². The third-order valence-electron chi connectivity index (χ3n) is 2.46. The van der Waals surface area contributed by atoms with Gasteiger partial charge in [-0.25, -0.2) is 0 Å². The van der Waals surface area contributed by atoms with Gasteiger partial charge < -0.3 is 5.73 Å². The van der Waals surface area contributed by atoms with Gasteiger partial charge in [-0.3, -0.25) is 0 Å². The Hall–Kier alpha value is -0.910. The van der Waals surface area contributed by atoms with E-state index in [-0.39, 0.29) is 6.04 Å². The molecule has 0 aliphatic heterocycles. The quantitative estimate of drug-likeness (QED) is 0.461. The number of unbranched alkanes of at least 4 members (excludes halogenated alkanes) is 1. The first-order chi connectivity index (χ1) is 7.77. The molecule has 0 saturated heterocycles. The zero-order valence-corrected chi connectivity index (χ0v) is 10.6. The van der Waals surface area contributed by atoms with Gasteiger partial charge in [-0.05, 0) is 36.3 Å². The molecule has 0 amide bonds. The third-order valence-corrected chi connectivity index (χ3v) is 3.35. The molecule has 2 N–H and O–H groups in total. The minimum absolute atomic E-state index is 0.119. The number of hydrogen-bond acceptors (Lipinski definition) is 2. The predicted octanol–water partition coefficient (Wildman–Crippen LogP) is 3.60. The van der Waals surface area contributed by atoms with Crippen LogP contribution in [0.25, 0.3) is 0 Å². The Morgan fingerprint density at radius 2 is 2.06 bits per heavy atom. The first-order valence-electron chi connectivity index (χ1n) is 5.69. The Morgan fingerprint density at radius 3 is 2.62 bits per heavy atom. The highest BCUT2D eigenvalue weighted by molar-refractivity contribution is 7.99. The standard InChI is InChI=1S/C14H19NS/c1-3-5-6-7-14(15)12-8-10-13(11-9-12)16-4-2/h1,8-11,14H,4-7,15H2,2H3. The molecule has 1 atom stereocenters. The Kier molecular flexibility index (Phi) is 6.07. The van der Waals surface area contributed by atoms with Crippen LogP contribution >= 0.6 is 11.8 Å². The molecule has 1 aromatic carbocycles. The lowest BCUT2D eigenvalue weighted by Gasteiger charge is -2.11. The molecule has 1 nitrogen and oxygen atoms in total. The Bertz CT molecular complexity index is 337. The van der Waals surface area contributed by atoms with Gasteiger partial charge >= 0.3 is 0 Å². The lowest BCUT2D eigenvalue weighted by molar-refractivity contribution is 0.620. The molecule has 0 spiro atoms. The van der Waals surface area contributed by atoms with Crippen molar-refractivity contribution in [3.8, 4) is 12.3 Å². The number of hydrogen-bond donors (Lipinski definition) is 1. The van der Waals surface area contributed by atoms with Gasteiger partial charge in [-0.1, -0.05) is 19.1 Å². The molecule has 1 aromatic rings. The molecule has 1 unspecified atom stereocenters. The van der Waals surface area contributed by atoms with Crippen molar-refractivity contribution in [2.75, 3.05) is 5.75 Å². The lowest BCUT2D eigenvalue weighted by atomic mass is 10.0. The fraction of sp³-hybridized carbons (Fsp3) is 0.429. The summed E-state index contributed by atoms with van der Waals surface area (Å²) < 4.78 is 0. The monoisotopic (exact) mass is 233 g/mol. The molecule has 2 heteroatoms. The molecular formula is C14H19NS. The van der Waals surface area contributed by atoms with E-state index in [1.165, 1.54) is 10.5 Å². The second-order valence-electron chi connectivity index (χ2n) is 3.70. The molecule has 0 bridgehead atoms. The predicted molar refractivity (Wildman–Crippen MR) is 72.5 cm³/mol. The van der Waals surface area contributed by atoms with Gasteiger partial charge in [0.1, 0.15) is 0 Å². The zero-order valence-electron chi connectivity index (χ0n) is 9.78. The molecule has 0 fully saturated rings. The van der Waals surface area contributed by atoms with Crippen LogP contribution in [0, 0.1) is 12.3 Å². The lowest BCUT2D eigenvalue weighted by Crippen LogP contribution is -2.09. The van der Waals surface area contributed by atoms with E-state index in [2.05, 4.69) is 37.1 Å². The fourth-order valence-electron chi connectivity index (χ4n) is 1.57. The van der Waals surface area contributed by atoms with Gasteiger partial charge in [-0.2, -0.15) is 0 Å². The second-order valence-corrected chi connectivity index (χ2v) is 5.04.